The Morgan fingerprint density at radius 1 is 1.11 bits per heavy atom. The summed E-state index contributed by atoms with van der Waals surface area (Å²) < 4.78 is 11.0. The van der Waals surface area contributed by atoms with E-state index in [1.165, 1.54) is 6.92 Å². The van der Waals surface area contributed by atoms with Gasteiger partial charge in [0, 0.05) is 25.3 Å². The minimum Gasteiger partial charge on any atom is -0.497 e. The Labute approximate surface area is 174 Å². The van der Waals surface area contributed by atoms with Crippen molar-refractivity contribution in [3.63, 3.8) is 0 Å². The van der Waals surface area contributed by atoms with Crippen LogP contribution in [0.1, 0.15) is 42.1 Å². The molecule has 0 saturated carbocycles. The quantitative estimate of drug-likeness (QED) is 0.312. The van der Waals surface area contributed by atoms with E-state index in [9.17, 15) is 9.59 Å². The summed E-state index contributed by atoms with van der Waals surface area (Å²) in [6, 6.07) is 10.6. The normalized spacial score (nSPS) is 10.4. The van der Waals surface area contributed by atoms with Gasteiger partial charge < -0.3 is 14.8 Å². The van der Waals surface area contributed by atoms with Crippen LogP contribution in [0.25, 0.3) is 0 Å². The number of ether oxygens (including phenoxy) is 2. The van der Waals surface area contributed by atoms with Crippen LogP contribution < -0.4 is 14.8 Å². The number of amides is 1. The lowest BCUT2D eigenvalue weighted by Gasteiger charge is -2.15. The van der Waals surface area contributed by atoms with Crippen LogP contribution >= 0.6 is 23.2 Å². The van der Waals surface area contributed by atoms with Crippen LogP contribution in [0, 0.1) is 0 Å². The van der Waals surface area contributed by atoms with E-state index in [0.29, 0.717) is 35.7 Å². The van der Waals surface area contributed by atoms with E-state index < -0.39 is 0 Å². The van der Waals surface area contributed by atoms with E-state index in [1.54, 1.807) is 19.2 Å². The maximum absolute atomic E-state index is 12.6. The van der Waals surface area contributed by atoms with Gasteiger partial charge in [0.2, 0.25) is 5.91 Å². The fourth-order valence-electron chi connectivity index (χ4n) is 2.57. The molecule has 0 atom stereocenters. The van der Waals surface area contributed by atoms with Gasteiger partial charge in [-0.25, -0.2) is 0 Å². The highest BCUT2D eigenvalue weighted by molar-refractivity contribution is 6.34. The number of alkyl halides is 1. The predicted octanol–water partition coefficient (Wildman–Crippen LogP) is 5.48. The molecule has 5 nitrogen and oxygen atoms in total. The number of nitrogens with one attached hydrogen (secondary N) is 1. The number of hydrogen-bond acceptors (Lipinski definition) is 4. The molecule has 0 spiro atoms. The number of anilines is 1. The first kappa shape index (κ1) is 22.1. The molecule has 28 heavy (non-hydrogen) atoms. The molecule has 2 rings (SSSR count). The first-order valence-electron chi connectivity index (χ1n) is 8.90. The summed E-state index contributed by atoms with van der Waals surface area (Å²) in [6.45, 7) is 1.65. The number of unbranched alkanes of at least 4 members (excludes halogenated alkanes) is 1. The van der Waals surface area contributed by atoms with Gasteiger partial charge in [-0.05, 0) is 36.6 Å². The molecule has 1 N–H and O–H groups in total. The van der Waals surface area contributed by atoms with Crippen LogP contribution in [-0.4, -0.2) is 24.7 Å². The largest absolute Gasteiger partial charge is 0.497 e. The Morgan fingerprint density at radius 2 is 1.82 bits per heavy atom. The number of halogens is 2. The molecule has 0 aromatic heterocycles. The zero-order valence-electron chi connectivity index (χ0n) is 15.9. The van der Waals surface area contributed by atoms with Gasteiger partial charge in [-0.2, -0.15) is 0 Å². The number of ketones is 1. The highest BCUT2D eigenvalue weighted by atomic mass is 35.5. The van der Waals surface area contributed by atoms with Gasteiger partial charge in [0.05, 0.1) is 23.4 Å². The van der Waals surface area contributed by atoms with E-state index in [4.69, 9.17) is 32.7 Å². The van der Waals surface area contributed by atoms with E-state index in [2.05, 4.69) is 5.32 Å². The first-order valence-corrected chi connectivity index (χ1v) is 9.82. The predicted molar refractivity (Wildman–Crippen MR) is 112 cm³/mol. The Balaban J connectivity index is 2.25. The van der Waals surface area contributed by atoms with E-state index in [0.717, 1.165) is 17.7 Å². The molecule has 2 aromatic carbocycles. The molecule has 2 aromatic rings. The third-order valence-electron chi connectivity index (χ3n) is 4.02. The van der Waals surface area contributed by atoms with E-state index in [-0.39, 0.29) is 23.3 Å². The topological polar surface area (TPSA) is 64.6 Å². The lowest BCUT2D eigenvalue weighted by atomic mass is 10.0. The van der Waals surface area contributed by atoms with Crippen LogP contribution in [0.4, 0.5) is 5.69 Å². The number of benzene rings is 2. The highest BCUT2D eigenvalue weighted by Crippen LogP contribution is 2.33. The second-order valence-corrected chi connectivity index (χ2v) is 7.00. The summed E-state index contributed by atoms with van der Waals surface area (Å²) in [4.78, 5) is 24.0. The molecule has 150 valence electrons. The molecular formula is C21H23Cl2NO4. The second kappa shape index (κ2) is 10.9. The number of hydrogen-bond donors (Lipinski definition) is 1. The van der Waals surface area contributed by atoms with Crippen LogP contribution in [0.3, 0.4) is 0 Å². The molecule has 0 unspecified atom stereocenters. The van der Waals surface area contributed by atoms with Gasteiger partial charge in [0.25, 0.3) is 0 Å². The SMILES string of the molecule is COc1ccc(COc2cc(NC(C)=O)c(Cl)cc2C(=O)CCCCCl)cc1. The zero-order chi connectivity index (χ0) is 20.5. The summed E-state index contributed by atoms with van der Waals surface area (Å²) >= 11 is 11.9. The van der Waals surface area contributed by atoms with Crippen molar-refractivity contribution in [1.82, 2.24) is 0 Å². The highest BCUT2D eigenvalue weighted by Gasteiger charge is 2.17. The molecule has 0 aliphatic carbocycles. The van der Waals surface area contributed by atoms with Gasteiger partial charge in [-0.15, -0.1) is 11.6 Å². The minimum absolute atomic E-state index is 0.0777. The Kier molecular flexibility index (Phi) is 8.61. The summed E-state index contributed by atoms with van der Waals surface area (Å²) in [5, 5.41) is 2.93. The molecule has 0 heterocycles. The van der Waals surface area contributed by atoms with Crippen LogP contribution in [-0.2, 0) is 11.4 Å². The first-order chi connectivity index (χ1) is 13.4. The van der Waals surface area contributed by atoms with Gasteiger partial charge >= 0.3 is 0 Å². The molecule has 0 fully saturated rings. The van der Waals surface area contributed by atoms with Crippen LogP contribution in [0.15, 0.2) is 36.4 Å². The molecule has 0 bridgehead atoms. The summed E-state index contributed by atoms with van der Waals surface area (Å²) in [5.74, 6) is 1.30. The fraction of sp³-hybridized carbons (Fsp3) is 0.333. The Hall–Kier alpha value is -2.24. The molecule has 0 aliphatic heterocycles. The second-order valence-electron chi connectivity index (χ2n) is 6.22. The van der Waals surface area contributed by atoms with Crippen molar-refractivity contribution in [3.8, 4) is 11.5 Å². The van der Waals surface area contributed by atoms with Crippen LogP contribution in [0.2, 0.25) is 5.02 Å². The third-order valence-corrected chi connectivity index (χ3v) is 4.60. The van der Waals surface area contributed by atoms with Crippen molar-refractivity contribution in [2.75, 3.05) is 18.3 Å². The fourth-order valence-corrected chi connectivity index (χ4v) is 2.97. The van der Waals surface area contributed by atoms with Crippen molar-refractivity contribution < 1.29 is 19.1 Å². The van der Waals surface area contributed by atoms with Crippen molar-refractivity contribution in [1.29, 1.82) is 0 Å². The maximum Gasteiger partial charge on any atom is 0.221 e. The lowest BCUT2D eigenvalue weighted by molar-refractivity contribution is -0.114. The van der Waals surface area contributed by atoms with Crippen molar-refractivity contribution in [2.45, 2.75) is 32.8 Å². The summed E-state index contributed by atoms with van der Waals surface area (Å²) in [5.41, 5.74) is 1.70. The summed E-state index contributed by atoms with van der Waals surface area (Å²) in [6.07, 6.45) is 1.79. The van der Waals surface area contributed by atoms with Gasteiger partial charge in [-0.1, -0.05) is 23.7 Å². The van der Waals surface area contributed by atoms with E-state index in [1.807, 2.05) is 24.3 Å². The molecule has 7 heteroatoms. The lowest BCUT2D eigenvalue weighted by Crippen LogP contribution is -2.09. The third kappa shape index (κ3) is 6.43. The van der Waals surface area contributed by atoms with Crippen molar-refractivity contribution in [3.05, 3.63) is 52.5 Å². The number of Topliss-reactive ketones (excluding diaryl/α,β-unsaturated/α-hetero) is 1. The van der Waals surface area contributed by atoms with Crippen molar-refractivity contribution >= 4 is 40.6 Å². The molecule has 1 amide bonds. The Morgan fingerprint density at radius 3 is 2.43 bits per heavy atom. The molecule has 0 aliphatic rings. The summed E-state index contributed by atoms with van der Waals surface area (Å²) in [7, 11) is 1.60. The standard InChI is InChI=1S/C21H23Cl2NO4/c1-14(25)24-19-12-21(28-13-15-6-8-16(27-2)9-7-15)17(11-18(19)23)20(26)5-3-4-10-22/h6-9,11-12H,3-5,10,13H2,1-2H3,(H,24,25). The monoisotopic (exact) mass is 423 g/mol. The number of rotatable bonds is 10. The average Bonchev–Trinajstić information content (AvgIpc) is 2.68. The maximum atomic E-state index is 12.6. The average molecular weight is 424 g/mol. The van der Waals surface area contributed by atoms with Gasteiger partial charge in [0.15, 0.2) is 5.78 Å². The number of carbonyl (C=O) groups is 2. The number of methoxy groups -OCH3 is 1. The molecular weight excluding hydrogens is 401 g/mol. The smallest absolute Gasteiger partial charge is 0.221 e. The Bertz CT molecular complexity index is 822. The zero-order valence-corrected chi connectivity index (χ0v) is 17.4. The molecule has 0 radical (unpaired) electrons. The van der Waals surface area contributed by atoms with Crippen molar-refractivity contribution in [2.24, 2.45) is 0 Å². The van der Waals surface area contributed by atoms with Crippen LogP contribution in [0.5, 0.6) is 11.5 Å². The number of carbonyl (C=O) groups excluding carboxylic acids is 2. The van der Waals surface area contributed by atoms with E-state index >= 15 is 0 Å². The molecule has 0 saturated heterocycles. The van der Waals surface area contributed by atoms with Gasteiger partial charge in [-0.3, -0.25) is 9.59 Å². The minimum atomic E-state index is -0.260. The van der Waals surface area contributed by atoms with Gasteiger partial charge in [0.1, 0.15) is 18.1 Å².